The van der Waals surface area contributed by atoms with E-state index in [4.69, 9.17) is 0 Å². The minimum Gasteiger partial charge on any atom is -0.293 e. The Labute approximate surface area is 221 Å². The molecule has 0 fully saturated rings. The lowest BCUT2D eigenvalue weighted by Gasteiger charge is -2.14. The number of aryl methyl sites for hydroxylation is 1. The summed E-state index contributed by atoms with van der Waals surface area (Å²) in [5.41, 5.74) is 4.72. The lowest BCUT2D eigenvalue weighted by molar-refractivity contribution is -0.380. The van der Waals surface area contributed by atoms with Crippen LogP contribution in [0.25, 0.3) is 10.5 Å². The maximum atomic E-state index is 13.3. The van der Waals surface area contributed by atoms with Crippen LogP contribution in [0.4, 0.5) is 9.39 Å². The molecular formula is C29H32FNO3S2. The molecule has 0 saturated carbocycles. The second-order valence-corrected chi connectivity index (χ2v) is 10.5. The fourth-order valence-electron chi connectivity index (χ4n) is 3.30. The molecule has 2 aromatic carbocycles. The Hall–Kier alpha value is -3.03. The van der Waals surface area contributed by atoms with Gasteiger partial charge in [0.25, 0.3) is 0 Å². The van der Waals surface area contributed by atoms with Crippen molar-refractivity contribution in [1.82, 2.24) is 0 Å². The molecule has 0 saturated heterocycles. The molecular weight excluding hydrogens is 493 g/mol. The van der Waals surface area contributed by atoms with Crippen molar-refractivity contribution in [3.63, 3.8) is 0 Å². The first-order chi connectivity index (χ1) is 17.2. The molecule has 0 amide bonds. The number of carbonyl (C=O) groups excluding carboxylic acids is 1. The fraction of sp³-hybridized carbons (Fsp3) is 0.276. The van der Waals surface area contributed by atoms with Crippen LogP contribution in [0.3, 0.4) is 0 Å². The molecule has 1 aromatic heterocycles. The van der Waals surface area contributed by atoms with Crippen molar-refractivity contribution in [3.05, 3.63) is 109 Å². The number of benzene rings is 2. The van der Waals surface area contributed by atoms with Gasteiger partial charge in [-0.1, -0.05) is 85.0 Å². The largest absolute Gasteiger partial charge is 0.324 e. The van der Waals surface area contributed by atoms with Gasteiger partial charge >= 0.3 is 5.00 Å². The van der Waals surface area contributed by atoms with Crippen molar-refractivity contribution in [2.24, 2.45) is 0 Å². The lowest BCUT2D eigenvalue weighted by Crippen LogP contribution is -1.93. The molecule has 0 spiro atoms. The Morgan fingerprint density at radius 2 is 1.61 bits per heavy atom. The van der Waals surface area contributed by atoms with Crippen molar-refractivity contribution in [1.29, 1.82) is 0 Å². The normalized spacial score (nSPS) is 11.9. The van der Waals surface area contributed by atoms with Gasteiger partial charge in [0.1, 0.15) is 5.82 Å². The van der Waals surface area contributed by atoms with E-state index < -0.39 is 4.92 Å². The van der Waals surface area contributed by atoms with Crippen LogP contribution in [0.2, 0.25) is 0 Å². The highest BCUT2D eigenvalue weighted by molar-refractivity contribution is 8.12. The van der Waals surface area contributed by atoms with Crippen molar-refractivity contribution in [3.8, 4) is 0 Å². The van der Waals surface area contributed by atoms with Gasteiger partial charge in [-0.05, 0) is 73.4 Å². The number of carbonyl (C=O) groups is 1. The zero-order chi connectivity index (χ0) is 26.7. The van der Waals surface area contributed by atoms with Crippen LogP contribution in [0, 0.1) is 22.9 Å². The van der Waals surface area contributed by atoms with E-state index in [1.165, 1.54) is 50.8 Å². The van der Waals surface area contributed by atoms with Crippen LogP contribution in [0.15, 0.2) is 71.6 Å². The number of allylic oxidation sites excluding steroid dienone is 3. The summed E-state index contributed by atoms with van der Waals surface area (Å²) in [6.45, 7) is 10.4. The molecule has 0 aliphatic heterocycles. The highest BCUT2D eigenvalue weighted by atomic mass is 32.2. The summed E-state index contributed by atoms with van der Waals surface area (Å²) in [6.07, 6.45) is 4.46. The smallest absolute Gasteiger partial charge is 0.293 e. The molecule has 0 atom stereocenters. The molecule has 3 rings (SSSR count). The van der Waals surface area contributed by atoms with Crippen LogP contribution >= 0.6 is 23.1 Å². The van der Waals surface area contributed by atoms with Gasteiger partial charge in [-0.3, -0.25) is 14.9 Å². The summed E-state index contributed by atoms with van der Waals surface area (Å²) in [6, 6.07) is 18.2. The molecule has 7 heteroatoms. The quantitative estimate of drug-likeness (QED) is 0.121. The molecule has 1 heterocycles. The van der Waals surface area contributed by atoms with E-state index in [-0.39, 0.29) is 16.6 Å². The summed E-state index contributed by atoms with van der Waals surface area (Å²) >= 11 is 2.69. The number of nitro groups is 1. The Kier molecular flexibility index (Phi) is 11.8. The van der Waals surface area contributed by atoms with Gasteiger partial charge in [0.05, 0.1) is 9.80 Å². The van der Waals surface area contributed by atoms with Gasteiger partial charge in [0.2, 0.25) is 0 Å². The van der Waals surface area contributed by atoms with E-state index in [9.17, 15) is 19.3 Å². The Morgan fingerprint density at radius 1 is 1.00 bits per heavy atom. The van der Waals surface area contributed by atoms with Crippen LogP contribution in [-0.4, -0.2) is 10.7 Å². The molecule has 0 bridgehead atoms. The first-order valence-corrected chi connectivity index (χ1v) is 13.4. The Bertz CT molecular complexity index is 1230. The summed E-state index contributed by atoms with van der Waals surface area (Å²) in [4.78, 5) is 24.0. The number of ketones is 1. The van der Waals surface area contributed by atoms with Gasteiger partial charge in [0, 0.05) is 17.4 Å². The second kappa shape index (κ2) is 14.5. The molecule has 0 aliphatic carbocycles. The third-order valence-corrected chi connectivity index (χ3v) is 7.52. The third-order valence-electron chi connectivity index (χ3n) is 5.21. The van der Waals surface area contributed by atoms with Crippen molar-refractivity contribution >= 4 is 44.4 Å². The number of thioether (sulfide) groups is 1. The molecule has 0 unspecified atom stereocenters. The first-order valence-electron chi connectivity index (χ1n) is 11.8. The van der Waals surface area contributed by atoms with E-state index in [0.29, 0.717) is 11.3 Å². The average molecular weight is 526 g/mol. The zero-order valence-corrected chi connectivity index (χ0v) is 23.0. The summed E-state index contributed by atoms with van der Waals surface area (Å²) in [7, 11) is 0. The van der Waals surface area contributed by atoms with Gasteiger partial charge in [-0.15, -0.1) is 0 Å². The Morgan fingerprint density at radius 3 is 2.14 bits per heavy atom. The minimum absolute atomic E-state index is 0.0133. The molecule has 0 N–H and O–H groups in total. The van der Waals surface area contributed by atoms with E-state index >= 15 is 0 Å². The van der Waals surface area contributed by atoms with E-state index in [0.717, 1.165) is 29.7 Å². The maximum Gasteiger partial charge on any atom is 0.324 e. The summed E-state index contributed by atoms with van der Waals surface area (Å²) in [5, 5.41) is 10.3. The van der Waals surface area contributed by atoms with Crippen LogP contribution < -0.4 is 0 Å². The van der Waals surface area contributed by atoms with Crippen molar-refractivity contribution < 1.29 is 14.1 Å². The number of halogens is 1. The molecule has 0 radical (unpaired) electrons. The zero-order valence-electron chi connectivity index (χ0n) is 21.3. The van der Waals surface area contributed by atoms with Gasteiger partial charge in [-0.25, -0.2) is 4.39 Å². The Balaban J connectivity index is 0.000000297. The van der Waals surface area contributed by atoms with Crippen molar-refractivity contribution in [2.75, 3.05) is 0 Å². The van der Waals surface area contributed by atoms with E-state index in [1.54, 1.807) is 11.8 Å². The monoisotopic (exact) mass is 525 g/mol. The molecule has 190 valence electrons. The SMILES string of the molecule is CC/C=C(\C)S/C(=C(\C)c1ccc(C)cc1)c1ccc(F)cc1.CCCC(=O)c1ccc([N+](=O)[O-])s1. The van der Waals surface area contributed by atoms with Crippen LogP contribution in [0.1, 0.15) is 73.3 Å². The molecule has 4 nitrogen and oxygen atoms in total. The number of thiophene rings is 1. The predicted octanol–water partition coefficient (Wildman–Crippen LogP) is 9.71. The maximum absolute atomic E-state index is 13.3. The summed E-state index contributed by atoms with van der Waals surface area (Å²) < 4.78 is 13.3. The highest BCUT2D eigenvalue weighted by Crippen LogP contribution is 2.39. The number of hydrogen-bond acceptors (Lipinski definition) is 5. The van der Waals surface area contributed by atoms with Crippen molar-refractivity contribution in [2.45, 2.75) is 53.9 Å². The molecule has 0 aliphatic rings. The topological polar surface area (TPSA) is 60.2 Å². The third kappa shape index (κ3) is 8.88. The van der Waals surface area contributed by atoms with Crippen LogP contribution in [-0.2, 0) is 0 Å². The second-order valence-electron chi connectivity index (χ2n) is 8.22. The van der Waals surface area contributed by atoms with Gasteiger partial charge in [-0.2, -0.15) is 0 Å². The standard InChI is InChI=1S/C21H23FS.C8H9NO3S/c1-5-6-16(3)23-21(19-11-13-20(22)14-12-19)17(4)18-9-7-15(2)8-10-18;1-2-3-6(10)7-4-5-8(13-7)9(11)12/h6-14H,5H2,1-4H3;4-5H,2-3H2,1H3/b16-6+,21-17+;. The number of hydrogen-bond donors (Lipinski definition) is 0. The van der Waals surface area contributed by atoms with Crippen LogP contribution in [0.5, 0.6) is 0 Å². The van der Waals surface area contributed by atoms with E-state index in [2.05, 4.69) is 58.0 Å². The van der Waals surface area contributed by atoms with E-state index in [1.807, 2.05) is 19.1 Å². The average Bonchev–Trinajstić information content (AvgIpc) is 3.35. The molecule has 36 heavy (non-hydrogen) atoms. The van der Waals surface area contributed by atoms with Gasteiger partial charge < -0.3 is 0 Å². The summed E-state index contributed by atoms with van der Waals surface area (Å²) in [5.74, 6) is -0.215. The molecule has 3 aromatic rings. The number of Topliss-reactive ketones (excluding diaryl/α,β-unsaturated/α-hetero) is 1. The fourth-order valence-corrected chi connectivity index (χ4v) is 5.19. The first kappa shape index (κ1) is 29.2. The minimum atomic E-state index is -0.479. The number of rotatable bonds is 9. The number of nitrogens with zero attached hydrogens (tertiary/aromatic N) is 1. The highest BCUT2D eigenvalue weighted by Gasteiger charge is 2.14. The lowest BCUT2D eigenvalue weighted by atomic mass is 10.0. The van der Waals surface area contributed by atoms with Gasteiger partial charge in [0.15, 0.2) is 5.78 Å². The predicted molar refractivity (Wildman–Crippen MR) is 152 cm³/mol.